The highest BCUT2D eigenvalue weighted by Crippen LogP contribution is 2.23. The molecule has 1 aromatic heterocycles. The van der Waals surface area contributed by atoms with E-state index in [2.05, 4.69) is 10.3 Å². The third kappa shape index (κ3) is 3.06. The lowest BCUT2D eigenvalue weighted by molar-refractivity contribution is 0.0983. The Morgan fingerprint density at radius 2 is 2.16 bits per heavy atom. The van der Waals surface area contributed by atoms with Gasteiger partial charge in [0.15, 0.2) is 5.78 Å². The van der Waals surface area contributed by atoms with Crippen LogP contribution in [0.15, 0.2) is 24.4 Å². The van der Waals surface area contributed by atoms with E-state index in [1.54, 1.807) is 24.4 Å². The largest absolute Gasteiger partial charge is 0.360 e. The minimum Gasteiger partial charge on any atom is -0.360 e. The number of H-pyrrole nitrogens is 1. The monoisotopic (exact) mass is 279 g/mol. The number of carbonyl (C=O) groups is 2. The van der Waals surface area contributed by atoms with Gasteiger partial charge in [-0.2, -0.15) is 0 Å². The van der Waals surface area contributed by atoms with Crippen molar-refractivity contribution in [2.24, 2.45) is 5.73 Å². The van der Waals surface area contributed by atoms with Crippen molar-refractivity contribution >= 4 is 40.0 Å². The Bertz CT molecular complexity index is 621. The number of Topliss-reactive ketones (excluding diaryl/α,β-unsaturated/α-hetero) is 1. The number of anilines is 1. The second-order valence-corrected chi connectivity index (χ2v) is 4.55. The van der Waals surface area contributed by atoms with Gasteiger partial charge in [0.2, 0.25) is 0 Å². The van der Waals surface area contributed by atoms with E-state index in [0.29, 0.717) is 30.0 Å². The molecule has 0 fully saturated rings. The minimum atomic E-state index is -0.634. The number of fused-ring (bicyclic) bond motifs is 1. The van der Waals surface area contributed by atoms with Crippen LogP contribution in [-0.4, -0.2) is 22.7 Å². The van der Waals surface area contributed by atoms with Gasteiger partial charge in [-0.05, 0) is 24.6 Å². The van der Waals surface area contributed by atoms with Crippen LogP contribution in [0, 0.1) is 0 Å². The van der Waals surface area contributed by atoms with Crippen LogP contribution in [0.1, 0.15) is 23.2 Å². The number of hydrogen-bond donors (Lipinski definition) is 3. The van der Waals surface area contributed by atoms with Crippen molar-refractivity contribution in [1.82, 2.24) is 4.98 Å². The molecule has 0 saturated heterocycles. The van der Waals surface area contributed by atoms with Crippen molar-refractivity contribution < 1.29 is 9.59 Å². The topological polar surface area (TPSA) is 88.0 Å². The van der Waals surface area contributed by atoms with Crippen LogP contribution < -0.4 is 11.1 Å². The van der Waals surface area contributed by atoms with Gasteiger partial charge < -0.3 is 16.0 Å². The number of benzene rings is 1. The smallest absolute Gasteiger partial charge is 0.316 e. The fourth-order valence-corrected chi connectivity index (χ4v) is 2.07. The molecule has 0 unspecified atom stereocenters. The van der Waals surface area contributed by atoms with Gasteiger partial charge in [-0.1, -0.05) is 0 Å². The Kier molecular flexibility index (Phi) is 4.06. The molecule has 0 bridgehead atoms. The number of carbonyl (C=O) groups excluding carboxylic acids is 2. The Morgan fingerprint density at radius 3 is 2.84 bits per heavy atom. The summed E-state index contributed by atoms with van der Waals surface area (Å²) in [5, 5.41) is 3.26. The summed E-state index contributed by atoms with van der Waals surface area (Å²) in [6, 6.07) is 4.60. The van der Waals surface area contributed by atoms with E-state index in [1.807, 2.05) is 0 Å². The maximum absolute atomic E-state index is 12.0. The summed E-state index contributed by atoms with van der Waals surface area (Å²) in [6.07, 6.45) is 2.73. The lowest BCUT2D eigenvalue weighted by Gasteiger charge is -2.03. The number of urea groups is 1. The van der Waals surface area contributed by atoms with Crippen molar-refractivity contribution in [2.45, 2.75) is 12.8 Å². The van der Waals surface area contributed by atoms with Crippen LogP contribution in [-0.2, 0) is 0 Å². The molecule has 2 aromatic rings. The number of amides is 2. The zero-order chi connectivity index (χ0) is 13.8. The Morgan fingerprint density at radius 1 is 1.37 bits per heavy atom. The number of nitrogens with one attached hydrogen (secondary N) is 2. The number of nitrogens with two attached hydrogens (primary N) is 1. The number of ketones is 1. The Labute approximate surface area is 115 Å². The highest BCUT2D eigenvalue weighted by Gasteiger charge is 2.12. The summed E-state index contributed by atoms with van der Waals surface area (Å²) >= 11 is 5.59. The number of halogens is 1. The lowest BCUT2D eigenvalue weighted by Crippen LogP contribution is -2.19. The predicted octanol–water partition coefficient (Wildman–Crippen LogP) is 2.86. The molecular formula is C13H14ClN3O2. The molecular weight excluding hydrogens is 266 g/mol. The van der Waals surface area contributed by atoms with Crippen LogP contribution in [0.5, 0.6) is 0 Å². The Hall–Kier alpha value is -2.01. The maximum atomic E-state index is 12.0. The summed E-state index contributed by atoms with van der Waals surface area (Å²) in [5.74, 6) is 0.492. The second kappa shape index (κ2) is 5.75. The molecule has 0 aliphatic rings. The third-order valence-electron chi connectivity index (χ3n) is 2.79. The van der Waals surface area contributed by atoms with E-state index >= 15 is 0 Å². The standard InChI is InChI=1S/C13H14ClN3O2/c14-5-1-2-12(18)10-7-16-11-4-3-8(6-9(10)11)17-13(15)19/h3-4,6-7,16H,1-2,5H2,(H3,15,17,19). The van der Waals surface area contributed by atoms with Crippen LogP contribution >= 0.6 is 11.6 Å². The van der Waals surface area contributed by atoms with E-state index in [0.717, 1.165) is 10.9 Å². The summed E-state index contributed by atoms with van der Waals surface area (Å²) in [7, 11) is 0. The molecule has 0 atom stereocenters. The highest BCUT2D eigenvalue weighted by molar-refractivity contribution is 6.18. The van der Waals surface area contributed by atoms with E-state index in [-0.39, 0.29) is 5.78 Å². The minimum absolute atomic E-state index is 0.0307. The molecule has 19 heavy (non-hydrogen) atoms. The molecule has 100 valence electrons. The maximum Gasteiger partial charge on any atom is 0.316 e. The van der Waals surface area contributed by atoms with Gasteiger partial charge in [0.25, 0.3) is 0 Å². The van der Waals surface area contributed by atoms with Crippen molar-refractivity contribution in [3.05, 3.63) is 30.0 Å². The van der Waals surface area contributed by atoms with Crippen LogP contribution in [0.2, 0.25) is 0 Å². The number of aromatic amines is 1. The lowest BCUT2D eigenvalue weighted by atomic mass is 10.1. The van der Waals surface area contributed by atoms with Crippen LogP contribution in [0.3, 0.4) is 0 Å². The summed E-state index contributed by atoms with van der Waals surface area (Å²) in [6.45, 7) is 0. The Balaban J connectivity index is 2.34. The average molecular weight is 280 g/mol. The van der Waals surface area contributed by atoms with E-state index < -0.39 is 6.03 Å². The molecule has 0 radical (unpaired) electrons. The van der Waals surface area contributed by atoms with E-state index in [4.69, 9.17) is 17.3 Å². The molecule has 5 nitrogen and oxygen atoms in total. The molecule has 1 heterocycles. The normalized spacial score (nSPS) is 10.6. The number of hydrogen-bond acceptors (Lipinski definition) is 2. The molecule has 0 spiro atoms. The SMILES string of the molecule is NC(=O)Nc1ccc2[nH]cc(C(=O)CCCCl)c2c1. The number of primary amides is 1. The predicted molar refractivity (Wildman–Crippen MR) is 75.8 cm³/mol. The first kappa shape index (κ1) is 13.4. The zero-order valence-electron chi connectivity index (χ0n) is 10.2. The van der Waals surface area contributed by atoms with Gasteiger partial charge in [0.05, 0.1) is 0 Å². The molecule has 2 amide bonds. The highest BCUT2D eigenvalue weighted by atomic mass is 35.5. The molecule has 0 saturated carbocycles. The summed E-state index contributed by atoms with van der Waals surface area (Å²) < 4.78 is 0. The van der Waals surface area contributed by atoms with Crippen molar-refractivity contribution in [1.29, 1.82) is 0 Å². The third-order valence-corrected chi connectivity index (χ3v) is 3.05. The van der Waals surface area contributed by atoms with E-state index in [1.165, 1.54) is 0 Å². The molecule has 2 rings (SSSR count). The number of rotatable bonds is 5. The zero-order valence-corrected chi connectivity index (χ0v) is 11.0. The van der Waals surface area contributed by atoms with E-state index in [9.17, 15) is 9.59 Å². The second-order valence-electron chi connectivity index (χ2n) is 4.17. The van der Waals surface area contributed by atoms with Crippen molar-refractivity contribution in [3.8, 4) is 0 Å². The number of aromatic nitrogens is 1. The fraction of sp³-hybridized carbons (Fsp3) is 0.231. The van der Waals surface area contributed by atoms with Crippen LogP contribution in [0.25, 0.3) is 10.9 Å². The van der Waals surface area contributed by atoms with Gasteiger partial charge in [-0.15, -0.1) is 11.6 Å². The van der Waals surface area contributed by atoms with Gasteiger partial charge in [-0.25, -0.2) is 4.79 Å². The fourth-order valence-electron chi connectivity index (χ4n) is 1.93. The first-order valence-corrected chi connectivity index (χ1v) is 6.42. The molecule has 1 aromatic carbocycles. The van der Waals surface area contributed by atoms with Crippen molar-refractivity contribution in [2.75, 3.05) is 11.2 Å². The first-order chi connectivity index (χ1) is 9.11. The number of alkyl halides is 1. The summed E-state index contributed by atoms with van der Waals surface area (Å²) in [4.78, 5) is 25.9. The molecule has 0 aliphatic carbocycles. The van der Waals surface area contributed by atoms with Gasteiger partial charge in [0, 0.05) is 40.7 Å². The quantitative estimate of drug-likeness (QED) is 0.580. The molecule has 4 N–H and O–H groups in total. The molecule has 0 aliphatic heterocycles. The summed E-state index contributed by atoms with van der Waals surface area (Å²) in [5.41, 5.74) is 7.07. The van der Waals surface area contributed by atoms with Gasteiger partial charge in [-0.3, -0.25) is 4.79 Å². The van der Waals surface area contributed by atoms with Gasteiger partial charge >= 0.3 is 6.03 Å². The molecule has 6 heteroatoms. The van der Waals surface area contributed by atoms with Gasteiger partial charge in [0.1, 0.15) is 0 Å². The van der Waals surface area contributed by atoms with Crippen LogP contribution in [0.4, 0.5) is 10.5 Å². The van der Waals surface area contributed by atoms with Crippen molar-refractivity contribution in [3.63, 3.8) is 0 Å². The average Bonchev–Trinajstić information content (AvgIpc) is 2.78. The first-order valence-electron chi connectivity index (χ1n) is 5.88.